The van der Waals surface area contributed by atoms with Gasteiger partial charge in [-0.2, -0.15) is 5.26 Å². The summed E-state index contributed by atoms with van der Waals surface area (Å²) in [6, 6.07) is 0. The predicted molar refractivity (Wildman–Crippen MR) is 27.8 cm³/mol. The molecule has 0 saturated carbocycles. The summed E-state index contributed by atoms with van der Waals surface area (Å²) in [5.74, 6) is 0. The van der Waals surface area contributed by atoms with Crippen molar-refractivity contribution in [2.45, 2.75) is 12.5 Å². The largest absolute Gasteiger partial charge is 0.391 e. The van der Waals surface area contributed by atoms with Gasteiger partial charge in [0, 0.05) is 6.54 Å². The summed E-state index contributed by atoms with van der Waals surface area (Å²) in [6.07, 6.45) is 2.44. The zero-order valence-electron chi connectivity index (χ0n) is 4.54. The van der Waals surface area contributed by atoms with Crippen LogP contribution in [-0.2, 0) is 0 Å². The van der Waals surface area contributed by atoms with E-state index < -0.39 is 0 Å². The SMILES string of the molecule is N#CN1CCC(O)C1. The first-order valence-electron chi connectivity index (χ1n) is 2.65. The molecule has 1 fully saturated rings. The van der Waals surface area contributed by atoms with Crippen molar-refractivity contribution < 1.29 is 5.11 Å². The lowest BCUT2D eigenvalue weighted by Crippen LogP contribution is -2.15. The minimum atomic E-state index is -0.269. The third-order valence-electron chi connectivity index (χ3n) is 1.30. The number of β-amino-alcohol motifs (C(OH)–C–C–N with tert-alkyl or cyclic N) is 1. The molecule has 0 aliphatic carbocycles. The predicted octanol–water partition coefficient (Wildman–Crippen LogP) is -0.466. The van der Waals surface area contributed by atoms with Crippen molar-refractivity contribution in [1.82, 2.24) is 4.90 Å². The molecule has 0 spiro atoms. The van der Waals surface area contributed by atoms with Crippen molar-refractivity contribution in [2.24, 2.45) is 0 Å². The highest BCUT2D eigenvalue weighted by molar-refractivity contribution is 4.83. The molecular weight excluding hydrogens is 104 g/mol. The quantitative estimate of drug-likeness (QED) is 0.431. The Morgan fingerprint density at radius 2 is 2.50 bits per heavy atom. The van der Waals surface area contributed by atoms with E-state index in [1.807, 2.05) is 6.19 Å². The molecule has 0 bridgehead atoms. The molecule has 1 rings (SSSR count). The second-order valence-corrected chi connectivity index (χ2v) is 1.99. The smallest absolute Gasteiger partial charge is 0.179 e. The van der Waals surface area contributed by atoms with Crippen molar-refractivity contribution >= 4 is 0 Å². The van der Waals surface area contributed by atoms with Crippen LogP contribution in [-0.4, -0.2) is 29.2 Å². The second-order valence-electron chi connectivity index (χ2n) is 1.99. The van der Waals surface area contributed by atoms with Crippen molar-refractivity contribution in [3.63, 3.8) is 0 Å². The van der Waals surface area contributed by atoms with E-state index in [9.17, 15) is 0 Å². The zero-order chi connectivity index (χ0) is 5.98. The maximum Gasteiger partial charge on any atom is 0.179 e. The van der Waals surface area contributed by atoms with Crippen LogP contribution < -0.4 is 0 Å². The lowest BCUT2D eigenvalue weighted by atomic mass is 10.3. The number of aliphatic hydroxyl groups is 1. The van der Waals surface area contributed by atoms with E-state index >= 15 is 0 Å². The fourth-order valence-electron chi connectivity index (χ4n) is 0.833. The molecule has 0 amide bonds. The number of hydrogen-bond donors (Lipinski definition) is 1. The Morgan fingerprint density at radius 3 is 2.75 bits per heavy atom. The van der Waals surface area contributed by atoms with Gasteiger partial charge in [0.1, 0.15) is 0 Å². The Kier molecular flexibility index (Phi) is 1.36. The number of likely N-dealkylation sites (tertiary alicyclic amines) is 1. The summed E-state index contributed by atoms with van der Waals surface area (Å²) in [5, 5.41) is 17.1. The minimum Gasteiger partial charge on any atom is -0.391 e. The molecule has 0 radical (unpaired) electrons. The molecule has 1 unspecified atom stereocenters. The first-order chi connectivity index (χ1) is 3.83. The van der Waals surface area contributed by atoms with Gasteiger partial charge < -0.3 is 10.0 Å². The fourth-order valence-corrected chi connectivity index (χ4v) is 0.833. The van der Waals surface area contributed by atoms with E-state index in [4.69, 9.17) is 10.4 Å². The monoisotopic (exact) mass is 112 g/mol. The molecular formula is C5H8N2O. The highest BCUT2D eigenvalue weighted by atomic mass is 16.3. The van der Waals surface area contributed by atoms with E-state index in [1.165, 1.54) is 0 Å². The number of nitrogens with zero attached hydrogens (tertiary/aromatic N) is 2. The van der Waals surface area contributed by atoms with Crippen molar-refractivity contribution in [3.05, 3.63) is 0 Å². The molecule has 44 valence electrons. The summed E-state index contributed by atoms with van der Waals surface area (Å²) < 4.78 is 0. The minimum absolute atomic E-state index is 0.269. The van der Waals surface area contributed by atoms with Gasteiger partial charge in [0.2, 0.25) is 0 Å². The highest BCUT2D eigenvalue weighted by Crippen LogP contribution is 2.05. The van der Waals surface area contributed by atoms with Gasteiger partial charge in [-0.15, -0.1) is 0 Å². The van der Waals surface area contributed by atoms with E-state index in [-0.39, 0.29) is 6.10 Å². The third-order valence-corrected chi connectivity index (χ3v) is 1.30. The van der Waals surface area contributed by atoms with Gasteiger partial charge in [0.05, 0.1) is 12.6 Å². The number of nitriles is 1. The van der Waals surface area contributed by atoms with Gasteiger partial charge >= 0.3 is 0 Å². The topological polar surface area (TPSA) is 47.3 Å². The summed E-state index contributed by atoms with van der Waals surface area (Å²) >= 11 is 0. The van der Waals surface area contributed by atoms with Gasteiger partial charge in [0.15, 0.2) is 6.19 Å². The average Bonchev–Trinajstić information content (AvgIpc) is 2.14. The van der Waals surface area contributed by atoms with Gasteiger partial charge in [0.25, 0.3) is 0 Å². The van der Waals surface area contributed by atoms with Crippen LogP contribution in [0.1, 0.15) is 6.42 Å². The van der Waals surface area contributed by atoms with Crippen LogP contribution in [0, 0.1) is 11.5 Å². The number of aliphatic hydroxyl groups excluding tert-OH is 1. The van der Waals surface area contributed by atoms with Gasteiger partial charge in [-0.1, -0.05) is 0 Å². The summed E-state index contributed by atoms with van der Waals surface area (Å²) in [6.45, 7) is 1.24. The Morgan fingerprint density at radius 1 is 1.75 bits per heavy atom. The Labute approximate surface area is 48.1 Å². The first-order valence-corrected chi connectivity index (χ1v) is 2.65. The average molecular weight is 112 g/mol. The van der Waals surface area contributed by atoms with Crippen LogP contribution in [0.3, 0.4) is 0 Å². The van der Waals surface area contributed by atoms with E-state index in [0.29, 0.717) is 6.54 Å². The van der Waals surface area contributed by atoms with Crippen LogP contribution >= 0.6 is 0 Å². The molecule has 1 saturated heterocycles. The number of rotatable bonds is 0. The molecule has 3 nitrogen and oxygen atoms in total. The van der Waals surface area contributed by atoms with Crippen molar-refractivity contribution in [1.29, 1.82) is 5.26 Å². The molecule has 0 aromatic rings. The number of hydrogen-bond acceptors (Lipinski definition) is 3. The summed E-state index contributed by atoms with van der Waals surface area (Å²) in [7, 11) is 0. The lowest BCUT2D eigenvalue weighted by molar-refractivity contribution is 0.187. The summed E-state index contributed by atoms with van der Waals surface area (Å²) in [4.78, 5) is 1.56. The van der Waals surface area contributed by atoms with E-state index in [1.54, 1.807) is 4.90 Å². The molecule has 1 heterocycles. The van der Waals surface area contributed by atoms with E-state index in [0.717, 1.165) is 13.0 Å². The zero-order valence-corrected chi connectivity index (χ0v) is 4.54. The van der Waals surface area contributed by atoms with Gasteiger partial charge in [-0.25, -0.2) is 0 Å². The normalized spacial score (nSPS) is 28.0. The molecule has 1 aliphatic rings. The Bertz CT molecular complexity index is 118. The fraction of sp³-hybridized carbons (Fsp3) is 0.800. The molecule has 3 heteroatoms. The van der Waals surface area contributed by atoms with Crippen LogP contribution in [0.25, 0.3) is 0 Å². The molecule has 8 heavy (non-hydrogen) atoms. The molecule has 1 aliphatic heterocycles. The Balaban J connectivity index is 2.35. The van der Waals surface area contributed by atoms with Crippen LogP contribution in [0.4, 0.5) is 0 Å². The Hall–Kier alpha value is -0.750. The molecule has 0 aromatic carbocycles. The third kappa shape index (κ3) is 0.903. The molecule has 0 aromatic heterocycles. The first kappa shape index (κ1) is 5.39. The van der Waals surface area contributed by atoms with Gasteiger partial charge in [-0.05, 0) is 6.42 Å². The summed E-state index contributed by atoms with van der Waals surface area (Å²) in [5.41, 5.74) is 0. The van der Waals surface area contributed by atoms with Crippen molar-refractivity contribution in [2.75, 3.05) is 13.1 Å². The molecule has 1 N–H and O–H groups in total. The second kappa shape index (κ2) is 2.01. The van der Waals surface area contributed by atoms with Crippen LogP contribution in [0.15, 0.2) is 0 Å². The van der Waals surface area contributed by atoms with Crippen molar-refractivity contribution in [3.8, 4) is 6.19 Å². The standard InChI is InChI=1S/C5H8N2O/c6-4-7-2-1-5(8)3-7/h5,8H,1-3H2. The lowest BCUT2D eigenvalue weighted by Gasteiger charge is -2.01. The van der Waals surface area contributed by atoms with Crippen LogP contribution in [0.5, 0.6) is 0 Å². The van der Waals surface area contributed by atoms with Crippen LogP contribution in [0.2, 0.25) is 0 Å². The highest BCUT2D eigenvalue weighted by Gasteiger charge is 2.17. The maximum absolute atomic E-state index is 8.84. The maximum atomic E-state index is 8.84. The van der Waals surface area contributed by atoms with Gasteiger partial charge in [-0.3, -0.25) is 0 Å². The van der Waals surface area contributed by atoms with E-state index in [2.05, 4.69) is 0 Å². The molecule has 1 atom stereocenters.